The summed E-state index contributed by atoms with van der Waals surface area (Å²) in [4.78, 5) is 11.6. The van der Waals surface area contributed by atoms with Crippen LogP contribution in [0.15, 0.2) is 23.1 Å². The van der Waals surface area contributed by atoms with Gasteiger partial charge in [-0.25, -0.2) is 16.8 Å². The first-order valence-corrected chi connectivity index (χ1v) is 10.4. The molecule has 0 aromatic heterocycles. The quantitative estimate of drug-likeness (QED) is 0.600. The Hall–Kier alpha value is -0.830. The first-order chi connectivity index (χ1) is 9.49. The lowest BCUT2D eigenvalue weighted by molar-refractivity contribution is 0.0953. The third-order valence-electron chi connectivity index (χ3n) is 2.39. The minimum Gasteiger partial charge on any atom is -0.352 e. The third-order valence-corrected chi connectivity index (χ3v) is 4.97. The largest absolute Gasteiger partial charge is 0.352 e. The molecular formula is C11H13Cl2NO5S2. The number of hydrogen-bond acceptors (Lipinski definition) is 5. The summed E-state index contributed by atoms with van der Waals surface area (Å²) in [6.07, 6.45) is 1.36. The molecule has 1 rings (SSSR count). The predicted molar refractivity (Wildman–Crippen MR) is 81.2 cm³/mol. The van der Waals surface area contributed by atoms with Gasteiger partial charge < -0.3 is 5.32 Å². The summed E-state index contributed by atoms with van der Waals surface area (Å²) in [7, 11) is -1.89. The zero-order valence-electron chi connectivity index (χ0n) is 11.0. The van der Waals surface area contributed by atoms with Crippen molar-refractivity contribution in [3.63, 3.8) is 0 Å². The molecule has 0 radical (unpaired) electrons. The van der Waals surface area contributed by atoms with E-state index in [9.17, 15) is 21.6 Å². The zero-order chi connectivity index (χ0) is 16.3. The van der Waals surface area contributed by atoms with Gasteiger partial charge in [0.15, 0.2) is 0 Å². The first kappa shape index (κ1) is 18.2. The molecule has 0 saturated heterocycles. The molecule has 0 aliphatic carbocycles. The lowest BCUT2D eigenvalue weighted by atomic mass is 10.2. The molecule has 1 N–H and O–H groups in total. The van der Waals surface area contributed by atoms with Gasteiger partial charge in [-0.2, -0.15) is 0 Å². The SMILES string of the molecule is CS(=O)(=O)CCCNC(=O)c1cc(Cl)cc(S(=O)(=O)Cl)c1. The van der Waals surface area contributed by atoms with Crippen molar-refractivity contribution in [1.82, 2.24) is 5.32 Å². The van der Waals surface area contributed by atoms with Crippen LogP contribution in [0, 0.1) is 0 Å². The minimum absolute atomic E-state index is 0.0288. The second-order valence-electron chi connectivity index (χ2n) is 4.35. The minimum atomic E-state index is -4.00. The van der Waals surface area contributed by atoms with Crippen molar-refractivity contribution < 1.29 is 21.6 Å². The van der Waals surface area contributed by atoms with Crippen molar-refractivity contribution >= 4 is 47.1 Å². The Morgan fingerprint density at radius 1 is 1.19 bits per heavy atom. The van der Waals surface area contributed by atoms with E-state index in [4.69, 9.17) is 22.3 Å². The number of hydrogen-bond donors (Lipinski definition) is 1. The first-order valence-electron chi connectivity index (χ1n) is 5.70. The number of carbonyl (C=O) groups is 1. The Bertz CT molecular complexity index is 744. The Morgan fingerprint density at radius 2 is 1.81 bits per heavy atom. The van der Waals surface area contributed by atoms with E-state index in [0.717, 1.165) is 18.4 Å². The molecule has 0 aliphatic heterocycles. The molecule has 118 valence electrons. The number of nitrogens with one attached hydrogen (secondary N) is 1. The molecule has 1 aromatic rings. The molecule has 1 amide bonds. The molecule has 0 heterocycles. The second kappa shape index (κ2) is 6.95. The Kier molecular flexibility index (Phi) is 6.03. The Labute approximate surface area is 132 Å². The molecule has 0 spiro atoms. The number of benzene rings is 1. The second-order valence-corrected chi connectivity index (χ2v) is 9.61. The van der Waals surface area contributed by atoms with E-state index < -0.39 is 24.8 Å². The number of amides is 1. The highest BCUT2D eigenvalue weighted by molar-refractivity contribution is 8.13. The normalized spacial score (nSPS) is 12.1. The van der Waals surface area contributed by atoms with E-state index in [1.165, 1.54) is 6.07 Å². The van der Waals surface area contributed by atoms with Gasteiger partial charge in [0.05, 0.1) is 10.6 Å². The molecule has 0 fully saturated rings. The molecule has 0 aliphatic rings. The fourth-order valence-electron chi connectivity index (χ4n) is 1.47. The third kappa shape index (κ3) is 6.64. The molecule has 0 unspecified atom stereocenters. The summed E-state index contributed by atoms with van der Waals surface area (Å²) in [6.45, 7) is 0.140. The van der Waals surface area contributed by atoms with Crippen LogP contribution in [0.4, 0.5) is 0 Å². The van der Waals surface area contributed by atoms with Gasteiger partial charge in [0.2, 0.25) is 0 Å². The highest BCUT2D eigenvalue weighted by Crippen LogP contribution is 2.22. The zero-order valence-corrected chi connectivity index (χ0v) is 14.1. The maximum absolute atomic E-state index is 11.8. The van der Waals surface area contributed by atoms with Gasteiger partial charge >= 0.3 is 0 Å². The predicted octanol–water partition coefficient (Wildman–Crippen LogP) is 1.43. The van der Waals surface area contributed by atoms with Gasteiger partial charge in [0.25, 0.3) is 15.0 Å². The van der Waals surface area contributed by atoms with Gasteiger partial charge in [-0.3, -0.25) is 4.79 Å². The van der Waals surface area contributed by atoms with Gasteiger partial charge in [-0.1, -0.05) is 11.6 Å². The van der Waals surface area contributed by atoms with Crippen LogP contribution >= 0.6 is 22.3 Å². The highest BCUT2D eigenvalue weighted by atomic mass is 35.7. The molecular weight excluding hydrogens is 361 g/mol. The molecule has 6 nitrogen and oxygen atoms in total. The maximum atomic E-state index is 11.8. The monoisotopic (exact) mass is 373 g/mol. The smallest absolute Gasteiger partial charge is 0.261 e. The number of rotatable bonds is 6. The van der Waals surface area contributed by atoms with E-state index in [1.54, 1.807) is 0 Å². The Balaban J connectivity index is 2.77. The van der Waals surface area contributed by atoms with Crippen molar-refractivity contribution in [2.75, 3.05) is 18.6 Å². The van der Waals surface area contributed by atoms with Gasteiger partial charge in [-0.05, 0) is 24.6 Å². The van der Waals surface area contributed by atoms with Crippen LogP contribution in [-0.2, 0) is 18.9 Å². The van der Waals surface area contributed by atoms with Crippen molar-refractivity contribution in [1.29, 1.82) is 0 Å². The molecule has 1 aromatic carbocycles. The summed E-state index contributed by atoms with van der Waals surface area (Å²) in [5, 5.41) is 2.53. The fraction of sp³-hybridized carbons (Fsp3) is 0.364. The van der Waals surface area contributed by atoms with E-state index in [1.807, 2.05) is 0 Å². The maximum Gasteiger partial charge on any atom is 0.261 e. The van der Waals surface area contributed by atoms with E-state index in [0.29, 0.717) is 0 Å². The summed E-state index contributed by atoms with van der Waals surface area (Å²) in [6, 6.07) is 3.52. The van der Waals surface area contributed by atoms with Crippen molar-refractivity contribution in [2.45, 2.75) is 11.3 Å². The van der Waals surface area contributed by atoms with Gasteiger partial charge in [0.1, 0.15) is 9.84 Å². The lowest BCUT2D eigenvalue weighted by Gasteiger charge is -2.06. The highest BCUT2D eigenvalue weighted by Gasteiger charge is 2.15. The molecule has 0 bridgehead atoms. The van der Waals surface area contributed by atoms with Gasteiger partial charge in [0, 0.05) is 34.1 Å². The number of sulfone groups is 1. The van der Waals surface area contributed by atoms with Crippen LogP contribution in [0.5, 0.6) is 0 Å². The number of carbonyl (C=O) groups excluding carboxylic acids is 1. The summed E-state index contributed by atoms with van der Waals surface area (Å²) < 4.78 is 44.3. The summed E-state index contributed by atoms with van der Waals surface area (Å²) in [5.41, 5.74) is 0.0288. The van der Waals surface area contributed by atoms with E-state index in [-0.39, 0.29) is 34.2 Å². The standard InChI is InChI=1S/C11H13Cl2NO5S2/c1-20(16,17)4-2-3-14-11(15)8-5-9(12)7-10(6-8)21(13,18)19/h5-7H,2-4H2,1H3,(H,14,15). The molecule has 10 heteroatoms. The van der Waals surface area contributed by atoms with Crippen LogP contribution in [0.1, 0.15) is 16.8 Å². The average Bonchev–Trinajstić information content (AvgIpc) is 2.31. The van der Waals surface area contributed by atoms with Gasteiger partial charge in [-0.15, -0.1) is 0 Å². The molecule has 0 atom stereocenters. The average molecular weight is 374 g/mol. The van der Waals surface area contributed by atoms with Crippen molar-refractivity contribution in [2.24, 2.45) is 0 Å². The topological polar surface area (TPSA) is 97.4 Å². The summed E-state index contributed by atoms with van der Waals surface area (Å²) >= 11 is 5.74. The van der Waals surface area contributed by atoms with Crippen LogP contribution < -0.4 is 5.32 Å². The van der Waals surface area contributed by atoms with Crippen LogP contribution in [-0.4, -0.2) is 41.3 Å². The Morgan fingerprint density at radius 3 is 2.33 bits per heavy atom. The fourth-order valence-corrected chi connectivity index (χ4v) is 3.24. The molecule has 21 heavy (non-hydrogen) atoms. The van der Waals surface area contributed by atoms with Crippen LogP contribution in [0.3, 0.4) is 0 Å². The molecule has 0 saturated carbocycles. The van der Waals surface area contributed by atoms with Crippen LogP contribution in [0.25, 0.3) is 0 Å². The van der Waals surface area contributed by atoms with E-state index >= 15 is 0 Å². The van der Waals surface area contributed by atoms with Crippen LogP contribution in [0.2, 0.25) is 5.02 Å². The number of halogens is 2. The summed E-state index contributed by atoms with van der Waals surface area (Å²) in [5.74, 6) is -0.614. The van der Waals surface area contributed by atoms with E-state index in [2.05, 4.69) is 5.32 Å². The lowest BCUT2D eigenvalue weighted by Crippen LogP contribution is -2.26. The van der Waals surface area contributed by atoms with Crippen molar-refractivity contribution in [3.8, 4) is 0 Å². The van der Waals surface area contributed by atoms with Crippen molar-refractivity contribution in [3.05, 3.63) is 28.8 Å².